The fourth-order valence-electron chi connectivity index (χ4n) is 4.33. The molecule has 5 rings (SSSR count). The molecule has 2 saturated heterocycles. The van der Waals surface area contributed by atoms with Gasteiger partial charge in [-0.1, -0.05) is 0 Å². The molecular weight excluding hydrogens is 561 g/mol. The van der Waals surface area contributed by atoms with Crippen LogP contribution in [0.1, 0.15) is 12.5 Å². The molecule has 0 aromatic carbocycles. The molecule has 3 aromatic heterocycles. The van der Waals surface area contributed by atoms with E-state index in [0.29, 0.717) is 0 Å². The number of fused-ring (bicyclic) bond motifs is 1. The molecule has 2 fully saturated rings. The van der Waals surface area contributed by atoms with Crippen molar-refractivity contribution in [3.05, 3.63) is 35.4 Å². The number of aliphatic hydroxyl groups excluding tert-OH is 4. The minimum absolute atomic E-state index is 0. The summed E-state index contributed by atoms with van der Waals surface area (Å²) < 4.78 is 36.3. The molecule has 2 aliphatic heterocycles. The number of hydrogen-bond donors (Lipinski definition) is 8. The summed E-state index contributed by atoms with van der Waals surface area (Å²) in [6.07, 6.45) is -8.09. The molecular formula is C19H28N9O11P. The van der Waals surface area contributed by atoms with Crippen LogP contribution in [0.3, 0.4) is 0 Å². The normalized spacial score (nSPS) is 31.7. The van der Waals surface area contributed by atoms with Crippen LogP contribution in [-0.2, 0) is 23.1 Å². The van der Waals surface area contributed by atoms with Crippen molar-refractivity contribution in [1.29, 1.82) is 0 Å². The first-order chi connectivity index (χ1) is 18.5. The number of aliphatic hydroxyl groups is 4. The number of rotatable bonds is 8. The molecule has 2 aliphatic rings. The van der Waals surface area contributed by atoms with Crippen LogP contribution in [0, 0.1) is 0 Å². The summed E-state index contributed by atoms with van der Waals surface area (Å²) in [6, 6.07) is 1.28. The number of nitrogen functional groups attached to an aromatic ring is 2. The van der Waals surface area contributed by atoms with Crippen molar-refractivity contribution in [3.8, 4) is 0 Å². The third kappa shape index (κ3) is 5.42. The second kappa shape index (κ2) is 11.4. The largest absolute Gasteiger partial charge is 0.472 e. The average Bonchev–Trinajstić information content (AvgIpc) is 3.53. The van der Waals surface area contributed by atoms with Crippen molar-refractivity contribution in [1.82, 2.24) is 35.2 Å². The van der Waals surface area contributed by atoms with Gasteiger partial charge < -0.3 is 52.4 Å². The molecule has 21 heteroatoms. The van der Waals surface area contributed by atoms with Crippen LogP contribution in [0.15, 0.2) is 29.7 Å². The summed E-state index contributed by atoms with van der Waals surface area (Å²) in [6.45, 7) is -1.42. The number of ether oxygens (including phenoxy) is 2. The predicted octanol–water partition coefficient (Wildman–Crippen LogP) is -3.22. The van der Waals surface area contributed by atoms with E-state index >= 15 is 0 Å². The number of aromatic nitrogens is 6. The molecule has 5 heterocycles. The van der Waals surface area contributed by atoms with Gasteiger partial charge in [-0.2, -0.15) is 4.98 Å². The maximum atomic E-state index is 12.9. The van der Waals surface area contributed by atoms with Crippen LogP contribution in [-0.4, -0.2) is 104 Å². The quantitative estimate of drug-likeness (QED) is 0.120. The van der Waals surface area contributed by atoms with E-state index in [-0.39, 0.29) is 29.0 Å². The summed E-state index contributed by atoms with van der Waals surface area (Å²) in [7, 11) is -5.01. The van der Waals surface area contributed by atoms with Gasteiger partial charge in [0.15, 0.2) is 23.9 Å². The number of nitrogens with zero attached hydrogens (tertiary/aromatic N) is 6. The minimum Gasteiger partial charge on any atom is -0.394 e. The summed E-state index contributed by atoms with van der Waals surface area (Å²) in [5.41, 5.74) is 10.7. The maximum Gasteiger partial charge on any atom is 0.472 e. The molecule has 40 heavy (non-hydrogen) atoms. The van der Waals surface area contributed by atoms with Gasteiger partial charge in [-0.05, 0) is 6.07 Å². The van der Waals surface area contributed by atoms with Crippen molar-refractivity contribution >= 4 is 30.6 Å². The molecule has 220 valence electrons. The molecule has 12 N–H and O–H groups in total. The first-order valence-electron chi connectivity index (χ1n) is 11.4. The fraction of sp³-hybridized carbons (Fsp3) is 0.526. The number of phosphoric ester groups is 1. The highest BCUT2D eigenvalue weighted by atomic mass is 31.2. The topological polar surface area (TPSA) is 321 Å². The Morgan fingerprint density at radius 1 is 1.02 bits per heavy atom. The lowest BCUT2D eigenvalue weighted by molar-refractivity contribution is -0.0635. The molecule has 3 aromatic rings. The van der Waals surface area contributed by atoms with Gasteiger partial charge in [0, 0.05) is 6.20 Å². The van der Waals surface area contributed by atoms with Crippen LogP contribution in [0.4, 0.5) is 11.6 Å². The maximum absolute atomic E-state index is 12.9. The third-order valence-corrected chi connectivity index (χ3v) is 7.26. The van der Waals surface area contributed by atoms with E-state index in [1.165, 1.54) is 23.2 Å². The van der Waals surface area contributed by atoms with Crippen LogP contribution < -0.4 is 23.3 Å². The lowest BCUT2D eigenvalue weighted by Gasteiger charge is -2.24. The van der Waals surface area contributed by atoms with Gasteiger partial charge >= 0.3 is 13.5 Å². The zero-order chi connectivity index (χ0) is 28.1. The lowest BCUT2D eigenvalue weighted by Crippen LogP contribution is -2.36. The van der Waals surface area contributed by atoms with Gasteiger partial charge in [0.25, 0.3) is 0 Å². The number of nitrogens with two attached hydrogens (primary N) is 2. The molecule has 0 bridgehead atoms. The Bertz CT molecular complexity index is 1460. The Balaban J connectivity index is 0.00000370. The Kier molecular flexibility index (Phi) is 8.49. The van der Waals surface area contributed by atoms with Crippen molar-refractivity contribution in [3.63, 3.8) is 0 Å². The van der Waals surface area contributed by atoms with Crippen molar-refractivity contribution in [2.45, 2.75) is 49.1 Å². The standard InChI is InChI=1S/C19H25N8O11P.H3N/c20-9-1-2-26(19(32)25-9)17-13(31)11(29)8(37-17)4-35-39(33,34)38-14-12(30)7(3-28)36-18(14)27-6-24-10-15(21)22-5-23-16(10)27;/h1-2,5-8,11-14,17-18,28-31H,3-4H2,(H,33,34)(H2,20,25,32)(H2,21,22,23);1H3. The summed E-state index contributed by atoms with van der Waals surface area (Å²) >= 11 is 0. The van der Waals surface area contributed by atoms with Gasteiger partial charge in [-0.3, -0.25) is 18.2 Å². The van der Waals surface area contributed by atoms with Crippen LogP contribution in [0.25, 0.3) is 11.2 Å². The van der Waals surface area contributed by atoms with Crippen LogP contribution in [0.2, 0.25) is 0 Å². The van der Waals surface area contributed by atoms with Crippen molar-refractivity contribution in [2.24, 2.45) is 0 Å². The van der Waals surface area contributed by atoms with Gasteiger partial charge in [0.2, 0.25) is 0 Å². The number of hydrogen-bond acceptors (Lipinski definition) is 17. The first kappa shape index (κ1) is 29.8. The van der Waals surface area contributed by atoms with Gasteiger partial charge in [0.05, 0.1) is 19.5 Å². The molecule has 0 aliphatic carbocycles. The molecule has 0 radical (unpaired) electrons. The molecule has 0 spiro atoms. The van der Waals surface area contributed by atoms with E-state index in [1.807, 2.05) is 0 Å². The monoisotopic (exact) mass is 589 g/mol. The van der Waals surface area contributed by atoms with E-state index in [1.54, 1.807) is 0 Å². The van der Waals surface area contributed by atoms with E-state index in [4.69, 9.17) is 30.0 Å². The molecule has 20 nitrogen and oxygen atoms in total. The molecule has 9 unspecified atom stereocenters. The fourth-order valence-corrected chi connectivity index (χ4v) is 5.26. The predicted molar refractivity (Wildman–Crippen MR) is 131 cm³/mol. The summed E-state index contributed by atoms with van der Waals surface area (Å²) in [5, 5.41) is 41.0. The highest BCUT2D eigenvalue weighted by Crippen LogP contribution is 2.50. The number of anilines is 2. The van der Waals surface area contributed by atoms with Gasteiger partial charge in [-0.25, -0.2) is 24.3 Å². The first-order valence-corrected chi connectivity index (χ1v) is 12.9. The highest BCUT2D eigenvalue weighted by Gasteiger charge is 2.50. The van der Waals surface area contributed by atoms with E-state index in [9.17, 15) is 34.7 Å². The SMILES string of the molecule is N.Nc1ccn(C2OC(COP(=O)(O)OC3C(O)C(CO)OC3n3cnc4c(N)ncnc43)C(O)C2O)c(=O)n1. The van der Waals surface area contributed by atoms with E-state index < -0.39 is 75.8 Å². The van der Waals surface area contributed by atoms with E-state index in [0.717, 1.165) is 10.9 Å². The van der Waals surface area contributed by atoms with E-state index in [2.05, 4.69) is 19.9 Å². The van der Waals surface area contributed by atoms with Crippen molar-refractivity contribution < 1.29 is 48.4 Å². The third-order valence-electron chi connectivity index (χ3n) is 6.27. The van der Waals surface area contributed by atoms with Crippen molar-refractivity contribution in [2.75, 3.05) is 24.7 Å². The molecule has 9 atom stereocenters. The Morgan fingerprint density at radius 2 is 1.75 bits per heavy atom. The Hall–Kier alpha value is -3.14. The number of imidazole rings is 1. The Morgan fingerprint density at radius 3 is 2.45 bits per heavy atom. The molecule has 0 amide bonds. The summed E-state index contributed by atoms with van der Waals surface area (Å²) in [5.74, 6) is -0.0146. The lowest BCUT2D eigenvalue weighted by atomic mass is 10.1. The zero-order valence-corrected chi connectivity index (χ0v) is 21.4. The second-order valence-electron chi connectivity index (χ2n) is 8.74. The van der Waals surface area contributed by atoms with Crippen LogP contribution >= 0.6 is 7.82 Å². The minimum atomic E-state index is -5.01. The van der Waals surface area contributed by atoms with Gasteiger partial charge in [-0.15, -0.1) is 0 Å². The van der Waals surface area contributed by atoms with Crippen LogP contribution in [0.5, 0.6) is 0 Å². The smallest absolute Gasteiger partial charge is 0.394 e. The average molecular weight is 589 g/mol. The zero-order valence-electron chi connectivity index (χ0n) is 20.5. The van der Waals surface area contributed by atoms with Gasteiger partial charge in [0.1, 0.15) is 54.3 Å². The summed E-state index contributed by atoms with van der Waals surface area (Å²) in [4.78, 5) is 38.0. The highest BCUT2D eigenvalue weighted by molar-refractivity contribution is 7.47. The Labute approximate surface area is 223 Å². The molecule has 0 saturated carbocycles. The second-order valence-corrected chi connectivity index (χ2v) is 10.2. The number of phosphoric acid groups is 1.